The van der Waals surface area contributed by atoms with Crippen LogP contribution in [-0.4, -0.2) is 23.7 Å². The van der Waals surface area contributed by atoms with Gasteiger partial charge in [0.2, 0.25) is 5.88 Å². The number of halogens is 2. The molecule has 0 aliphatic carbocycles. The number of rotatable bonds is 8. The van der Waals surface area contributed by atoms with E-state index in [9.17, 15) is 13.6 Å². The van der Waals surface area contributed by atoms with Crippen molar-refractivity contribution in [2.45, 2.75) is 45.9 Å². The van der Waals surface area contributed by atoms with Gasteiger partial charge >= 0.3 is 12.6 Å². The number of hydrogen-bond acceptors (Lipinski definition) is 3. The molecule has 1 heterocycles. The third kappa shape index (κ3) is 7.56. The molecule has 0 saturated carbocycles. The van der Waals surface area contributed by atoms with Crippen LogP contribution >= 0.6 is 0 Å². The first-order valence-electron chi connectivity index (χ1n) is 7.12. The van der Waals surface area contributed by atoms with Gasteiger partial charge < -0.3 is 15.4 Å². The van der Waals surface area contributed by atoms with E-state index in [1.54, 1.807) is 6.07 Å². The number of amides is 2. The molecule has 5 nitrogen and oxygen atoms in total. The number of carbonyl (C=O) groups is 1. The molecule has 1 unspecified atom stereocenters. The molecular weight excluding hydrogens is 292 g/mol. The summed E-state index contributed by atoms with van der Waals surface area (Å²) in [4.78, 5) is 15.4. The minimum atomic E-state index is -2.92. The molecule has 1 aromatic heterocycles. The number of aromatic nitrogens is 1. The molecule has 2 N–H and O–H groups in total. The Labute approximate surface area is 128 Å². The van der Waals surface area contributed by atoms with E-state index in [1.807, 2.05) is 19.1 Å². The fourth-order valence-electron chi connectivity index (χ4n) is 1.67. The van der Waals surface area contributed by atoms with Crippen molar-refractivity contribution in [3.05, 3.63) is 36.0 Å². The number of pyridine rings is 1. The first kappa shape index (κ1) is 17.9. The lowest BCUT2D eigenvalue weighted by Gasteiger charge is -2.11. The third-order valence-corrected chi connectivity index (χ3v) is 2.70. The zero-order valence-electron chi connectivity index (χ0n) is 12.7. The summed E-state index contributed by atoms with van der Waals surface area (Å²) in [6.45, 7) is 1.22. The van der Waals surface area contributed by atoms with Crippen LogP contribution in [0.2, 0.25) is 0 Å². The molecule has 0 aromatic carbocycles. The molecular formula is C15H21F2N3O2. The van der Waals surface area contributed by atoms with Crippen molar-refractivity contribution < 1.29 is 18.3 Å². The average molecular weight is 313 g/mol. The van der Waals surface area contributed by atoms with E-state index >= 15 is 0 Å². The van der Waals surface area contributed by atoms with Gasteiger partial charge in [-0.2, -0.15) is 8.78 Å². The Balaban J connectivity index is 2.40. The minimum Gasteiger partial charge on any atom is -0.417 e. The van der Waals surface area contributed by atoms with Crippen LogP contribution in [0, 0.1) is 0 Å². The van der Waals surface area contributed by atoms with Gasteiger partial charge in [-0.25, -0.2) is 9.78 Å². The number of carbonyl (C=O) groups excluding carboxylic acids is 1. The van der Waals surface area contributed by atoms with Crippen molar-refractivity contribution in [3.8, 4) is 5.88 Å². The van der Waals surface area contributed by atoms with E-state index in [0.29, 0.717) is 5.56 Å². The molecule has 0 aliphatic rings. The zero-order valence-corrected chi connectivity index (χ0v) is 12.7. The Morgan fingerprint density at radius 2 is 2.27 bits per heavy atom. The summed E-state index contributed by atoms with van der Waals surface area (Å²) in [6, 6.07) is 2.56. The van der Waals surface area contributed by atoms with E-state index < -0.39 is 6.61 Å². The normalized spacial score (nSPS) is 12.4. The lowest BCUT2D eigenvalue weighted by Crippen LogP contribution is -2.39. The Kier molecular flexibility index (Phi) is 7.88. The summed E-state index contributed by atoms with van der Waals surface area (Å²) >= 11 is 0. The predicted molar refractivity (Wildman–Crippen MR) is 79.8 cm³/mol. The number of hydrogen-bond donors (Lipinski definition) is 2. The maximum atomic E-state index is 12.1. The molecule has 0 spiro atoms. The standard InChI is InChI=1S/C15H21F2N3O2/c1-3-4-5-6-11(2)20-15(21)19-10-12-7-8-18-13(9-12)22-14(16)17/h5-9,11,14H,3-4,10H2,1-2H3,(H2,19,20,21)/b6-5+. The van der Waals surface area contributed by atoms with E-state index in [1.165, 1.54) is 12.3 Å². The third-order valence-electron chi connectivity index (χ3n) is 2.70. The topological polar surface area (TPSA) is 63.2 Å². The Morgan fingerprint density at radius 1 is 1.50 bits per heavy atom. The highest BCUT2D eigenvalue weighted by Gasteiger charge is 2.07. The quantitative estimate of drug-likeness (QED) is 0.724. The van der Waals surface area contributed by atoms with Crippen molar-refractivity contribution in [1.29, 1.82) is 0 Å². The molecule has 1 atom stereocenters. The van der Waals surface area contributed by atoms with Crippen molar-refractivity contribution in [3.63, 3.8) is 0 Å². The smallest absolute Gasteiger partial charge is 0.388 e. The van der Waals surface area contributed by atoms with Crippen LogP contribution in [0.25, 0.3) is 0 Å². The molecule has 0 fully saturated rings. The van der Waals surface area contributed by atoms with Crippen molar-refractivity contribution in [2.24, 2.45) is 0 Å². The first-order valence-corrected chi connectivity index (χ1v) is 7.12. The Hall–Kier alpha value is -2.18. The van der Waals surface area contributed by atoms with E-state index in [0.717, 1.165) is 12.8 Å². The van der Waals surface area contributed by atoms with Crippen LogP contribution in [0.15, 0.2) is 30.5 Å². The second-order valence-corrected chi connectivity index (χ2v) is 4.71. The minimum absolute atomic E-state index is 0.0817. The molecule has 0 saturated heterocycles. The fourth-order valence-corrected chi connectivity index (χ4v) is 1.67. The SMILES string of the molecule is CCC/C=C/C(C)NC(=O)NCc1ccnc(OC(F)F)c1. The molecule has 1 aromatic rings. The highest BCUT2D eigenvalue weighted by atomic mass is 19.3. The van der Waals surface area contributed by atoms with Crippen molar-refractivity contribution in [1.82, 2.24) is 15.6 Å². The van der Waals surface area contributed by atoms with Crippen LogP contribution in [-0.2, 0) is 6.54 Å². The summed E-state index contributed by atoms with van der Waals surface area (Å²) in [5.41, 5.74) is 0.620. The fraction of sp³-hybridized carbons (Fsp3) is 0.467. The van der Waals surface area contributed by atoms with Crippen LogP contribution < -0.4 is 15.4 Å². The molecule has 0 radical (unpaired) electrons. The van der Waals surface area contributed by atoms with Crippen molar-refractivity contribution >= 4 is 6.03 Å². The number of nitrogens with zero attached hydrogens (tertiary/aromatic N) is 1. The van der Waals surface area contributed by atoms with Gasteiger partial charge in [-0.3, -0.25) is 0 Å². The highest BCUT2D eigenvalue weighted by Crippen LogP contribution is 2.12. The van der Waals surface area contributed by atoms with Crippen molar-refractivity contribution in [2.75, 3.05) is 0 Å². The van der Waals surface area contributed by atoms with Gasteiger partial charge in [0.1, 0.15) is 0 Å². The number of allylic oxidation sites excluding steroid dienone is 1. The molecule has 2 amide bonds. The lowest BCUT2D eigenvalue weighted by molar-refractivity contribution is -0.0529. The number of alkyl halides is 2. The number of unbranched alkanes of at least 4 members (excludes halogenated alkanes) is 1. The first-order chi connectivity index (χ1) is 10.5. The Morgan fingerprint density at radius 3 is 2.95 bits per heavy atom. The van der Waals surface area contributed by atoms with Gasteiger partial charge in [0.05, 0.1) is 0 Å². The van der Waals surface area contributed by atoms with Gasteiger partial charge in [-0.1, -0.05) is 25.5 Å². The van der Waals surface area contributed by atoms with Gasteiger partial charge in [-0.05, 0) is 25.0 Å². The van der Waals surface area contributed by atoms with Crippen LogP contribution in [0.1, 0.15) is 32.3 Å². The summed E-state index contributed by atoms with van der Waals surface area (Å²) in [6.07, 6.45) is 7.31. The van der Waals surface area contributed by atoms with Gasteiger partial charge in [0.15, 0.2) is 0 Å². The van der Waals surface area contributed by atoms with Crippen LogP contribution in [0.4, 0.5) is 13.6 Å². The van der Waals surface area contributed by atoms with Gasteiger partial charge in [-0.15, -0.1) is 0 Å². The summed E-state index contributed by atoms with van der Waals surface area (Å²) in [5.74, 6) is -0.175. The van der Waals surface area contributed by atoms with Crippen LogP contribution in [0.5, 0.6) is 5.88 Å². The summed E-state index contributed by atoms with van der Waals surface area (Å²) < 4.78 is 28.4. The average Bonchev–Trinajstić information content (AvgIpc) is 2.45. The zero-order chi connectivity index (χ0) is 16.4. The van der Waals surface area contributed by atoms with E-state index in [-0.39, 0.29) is 24.5 Å². The second kappa shape index (κ2) is 9.70. The molecule has 1 rings (SSSR count). The Bertz CT molecular complexity index is 495. The summed E-state index contributed by atoms with van der Waals surface area (Å²) in [5, 5.41) is 5.40. The monoisotopic (exact) mass is 313 g/mol. The number of urea groups is 1. The highest BCUT2D eigenvalue weighted by molar-refractivity contribution is 5.74. The largest absolute Gasteiger partial charge is 0.417 e. The number of nitrogens with one attached hydrogen (secondary N) is 2. The molecule has 22 heavy (non-hydrogen) atoms. The maximum absolute atomic E-state index is 12.1. The van der Waals surface area contributed by atoms with Crippen LogP contribution in [0.3, 0.4) is 0 Å². The molecule has 122 valence electrons. The van der Waals surface area contributed by atoms with Gasteiger partial charge in [0, 0.05) is 24.8 Å². The predicted octanol–water partition coefficient (Wildman–Crippen LogP) is 3.23. The molecule has 0 bridgehead atoms. The van der Waals surface area contributed by atoms with Gasteiger partial charge in [0.25, 0.3) is 0 Å². The van der Waals surface area contributed by atoms with E-state index in [4.69, 9.17) is 0 Å². The van der Waals surface area contributed by atoms with E-state index in [2.05, 4.69) is 27.3 Å². The molecule has 7 heteroatoms. The molecule has 0 aliphatic heterocycles. The maximum Gasteiger partial charge on any atom is 0.388 e. The lowest BCUT2D eigenvalue weighted by atomic mass is 10.2. The summed E-state index contributed by atoms with van der Waals surface area (Å²) in [7, 11) is 0. The number of ether oxygens (including phenoxy) is 1. The second-order valence-electron chi connectivity index (χ2n) is 4.71.